The zero-order valence-electron chi connectivity index (χ0n) is 9.60. The highest BCUT2D eigenvalue weighted by Gasteiger charge is 2.22. The van der Waals surface area contributed by atoms with E-state index in [0.717, 1.165) is 0 Å². The van der Waals surface area contributed by atoms with Gasteiger partial charge in [-0.25, -0.2) is 0 Å². The van der Waals surface area contributed by atoms with Gasteiger partial charge < -0.3 is 5.11 Å². The smallest absolute Gasteiger partial charge is 0.168 e. The van der Waals surface area contributed by atoms with Crippen LogP contribution < -0.4 is 0 Å². The Morgan fingerprint density at radius 1 is 1.31 bits per heavy atom. The van der Waals surface area contributed by atoms with Gasteiger partial charge in [0, 0.05) is 17.1 Å². The fourth-order valence-electron chi connectivity index (χ4n) is 1.10. The van der Waals surface area contributed by atoms with Gasteiger partial charge in [-0.2, -0.15) is 0 Å². The van der Waals surface area contributed by atoms with Gasteiger partial charge in [0.25, 0.3) is 0 Å². The first kappa shape index (κ1) is 12.2. The Morgan fingerprint density at radius 2 is 1.88 bits per heavy atom. The Morgan fingerprint density at radius 3 is 2.38 bits per heavy atom. The van der Waals surface area contributed by atoms with Crippen LogP contribution in [0.4, 0.5) is 0 Å². The molecule has 84 valence electrons. The highest BCUT2D eigenvalue weighted by Crippen LogP contribution is 2.20. The van der Waals surface area contributed by atoms with Gasteiger partial charge in [-0.3, -0.25) is 4.79 Å². The van der Waals surface area contributed by atoms with Crippen LogP contribution in [0.15, 0.2) is 49.1 Å². The molecule has 0 radical (unpaired) electrons. The van der Waals surface area contributed by atoms with Gasteiger partial charge in [-0.15, -0.1) is 6.58 Å². The summed E-state index contributed by atoms with van der Waals surface area (Å²) in [6.45, 7) is 7.12. The van der Waals surface area contributed by atoms with Crippen LogP contribution >= 0.6 is 0 Å². The van der Waals surface area contributed by atoms with E-state index in [-0.39, 0.29) is 11.5 Å². The van der Waals surface area contributed by atoms with Crippen molar-refractivity contribution in [1.82, 2.24) is 0 Å². The lowest BCUT2D eigenvalue weighted by molar-refractivity contribution is -0.120. The van der Waals surface area contributed by atoms with Crippen molar-refractivity contribution < 1.29 is 9.90 Å². The van der Waals surface area contributed by atoms with Crippen LogP contribution in [-0.4, -0.2) is 10.9 Å². The minimum Gasteiger partial charge on any atom is -0.507 e. The average Bonchev–Trinajstić information content (AvgIpc) is 2.30. The lowest BCUT2D eigenvalue weighted by Gasteiger charge is -2.15. The molecule has 0 aliphatic carbocycles. The van der Waals surface area contributed by atoms with Gasteiger partial charge in [0.15, 0.2) is 5.78 Å². The maximum Gasteiger partial charge on any atom is 0.168 e. The Hall–Kier alpha value is -1.83. The lowest BCUT2D eigenvalue weighted by Crippen LogP contribution is -2.19. The van der Waals surface area contributed by atoms with Crippen molar-refractivity contribution in [2.75, 3.05) is 0 Å². The molecule has 0 heterocycles. The molecule has 0 spiro atoms. The van der Waals surface area contributed by atoms with E-state index in [1.165, 1.54) is 6.08 Å². The Balaban J connectivity index is 2.95. The second kappa shape index (κ2) is 4.79. The summed E-state index contributed by atoms with van der Waals surface area (Å²) >= 11 is 0. The van der Waals surface area contributed by atoms with E-state index < -0.39 is 5.41 Å². The number of aliphatic hydroxyl groups is 1. The monoisotopic (exact) mass is 216 g/mol. The maximum absolute atomic E-state index is 11.8. The van der Waals surface area contributed by atoms with Crippen molar-refractivity contribution in [3.63, 3.8) is 0 Å². The molecule has 0 bridgehead atoms. The van der Waals surface area contributed by atoms with Gasteiger partial charge in [-0.1, -0.05) is 36.4 Å². The predicted molar refractivity (Wildman–Crippen MR) is 66.0 cm³/mol. The van der Waals surface area contributed by atoms with E-state index in [9.17, 15) is 9.90 Å². The molecule has 0 saturated heterocycles. The predicted octanol–water partition coefficient (Wildman–Crippen LogP) is 3.37. The van der Waals surface area contributed by atoms with E-state index in [0.29, 0.717) is 5.56 Å². The number of benzene rings is 1. The fourth-order valence-corrected chi connectivity index (χ4v) is 1.10. The molecule has 16 heavy (non-hydrogen) atoms. The molecular formula is C14H16O2. The van der Waals surface area contributed by atoms with Crippen molar-refractivity contribution in [2.45, 2.75) is 13.8 Å². The molecule has 0 atom stereocenters. The first-order valence-corrected chi connectivity index (χ1v) is 5.11. The van der Waals surface area contributed by atoms with Gasteiger partial charge in [0.05, 0.1) is 0 Å². The van der Waals surface area contributed by atoms with Gasteiger partial charge in [0.2, 0.25) is 0 Å². The van der Waals surface area contributed by atoms with Crippen LogP contribution in [0.2, 0.25) is 0 Å². The summed E-state index contributed by atoms with van der Waals surface area (Å²) in [5, 5.41) is 9.76. The Labute approximate surface area is 95.9 Å². The summed E-state index contributed by atoms with van der Waals surface area (Å²) in [6, 6.07) is 8.97. The van der Waals surface area contributed by atoms with Crippen molar-refractivity contribution >= 4 is 11.5 Å². The zero-order valence-corrected chi connectivity index (χ0v) is 9.60. The van der Waals surface area contributed by atoms with E-state index in [2.05, 4.69) is 6.58 Å². The molecule has 1 rings (SSSR count). The first-order chi connectivity index (χ1) is 7.47. The summed E-state index contributed by atoms with van der Waals surface area (Å²) in [5.74, 6) is -0.177. The maximum atomic E-state index is 11.8. The van der Waals surface area contributed by atoms with Crippen molar-refractivity contribution in [1.29, 1.82) is 0 Å². The number of ketones is 1. The highest BCUT2D eigenvalue weighted by atomic mass is 16.3. The van der Waals surface area contributed by atoms with Gasteiger partial charge in [-0.05, 0) is 13.8 Å². The molecule has 1 N–H and O–H groups in total. The van der Waals surface area contributed by atoms with Crippen LogP contribution in [0.5, 0.6) is 0 Å². The minimum absolute atomic E-state index is 0.0134. The Bertz CT molecular complexity index is 414. The molecule has 2 nitrogen and oxygen atoms in total. The third-order valence-corrected chi connectivity index (χ3v) is 2.48. The molecule has 1 aromatic carbocycles. The number of aliphatic hydroxyl groups excluding tert-OH is 1. The van der Waals surface area contributed by atoms with Gasteiger partial charge in [0.1, 0.15) is 5.76 Å². The molecule has 0 aliphatic heterocycles. The lowest BCUT2D eigenvalue weighted by atomic mass is 9.87. The number of hydrogen-bond acceptors (Lipinski definition) is 2. The first-order valence-electron chi connectivity index (χ1n) is 5.11. The van der Waals surface area contributed by atoms with Crippen LogP contribution in [0.25, 0.3) is 5.76 Å². The second-order valence-electron chi connectivity index (χ2n) is 4.19. The number of rotatable bonds is 4. The summed E-state index contributed by atoms with van der Waals surface area (Å²) in [4.78, 5) is 11.8. The Kier molecular flexibility index (Phi) is 3.67. The average molecular weight is 216 g/mol. The van der Waals surface area contributed by atoms with E-state index in [4.69, 9.17) is 0 Å². The molecule has 0 unspecified atom stereocenters. The number of carbonyl (C=O) groups excluding carboxylic acids is 1. The van der Waals surface area contributed by atoms with Crippen molar-refractivity contribution in [3.05, 3.63) is 54.6 Å². The van der Waals surface area contributed by atoms with Crippen LogP contribution in [-0.2, 0) is 4.79 Å². The molecule has 0 amide bonds. The molecule has 2 heteroatoms. The number of carbonyl (C=O) groups is 1. The SMILES string of the molecule is C=CC(C)(C)C(=O)C=C(O)c1ccccc1. The number of hydrogen-bond donors (Lipinski definition) is 1. The molecule has 0 saturated carbocycles. The largest absolute Gasteiger partial charge is 0.507 e. The van der Waals surface area contributed by atoms with E-state index in [1.54, 1.807) is 32.1 Å². The number of allylic oxidation sites excluding steroid dienone is 2. The van der Waals surface area contributed by atoms with Gasteiger partial charge >= 0.3 is 0 Å². The third kappa shape index (κ3) is 2.83. The quantitative estimate of drug-likeness (QED) is 0.476. The molecule has 0 aromatic heterocycles. The van der Waals surface area contributed by atoms with E-state index in [1.807, 2.05) is 18.2 Å². The second-order valence-corrected chi connectivity index (χ2v) is 4.19. The molecule has 0 aliphatic rings. The molecular weight excluding hydrogens is 200 g/mol. The van der Waals surface area contributed by atoms with Crippen LogP contribution in [0.1, 0.15) is 19.4 Å². The molecule has 0 fully saturated rings. The normalized spacial score (nSPS) is 12.2. The van der Waals surface area contributed by atoms with Crippen LogP contribution in [0.3, 0.4) is 0 Å². The molecule has 1 aromatic rings. The fraction of sp³-hybridized carbons (Fsp3) is 0.214. The highest BCUT2D eigenvalue weighted by molar-refractivity contribution is 6.00. The summed E-state index contributed by atoms with van der Waals surface area (Å²) in [5.41, 5.74) is -0.0151. The summed E-state index contributed by atoms with van der Waals surface area (Å²) in [7, 11) is 0. The summed E-state index contributed by atoms with van der Waals surface area (Å²) in [6.07, 6.45) is 2.82. The van der Waals surface area contributed by atoms with E-state index >= 15 is 0 Å². The standard InChI is InChI=1S/C14H16O2/c1-4-14(2,3)13(16)10-12(15)11-8-6-5-7-9-11/h4-10,15H,1H2,2-3H3. The van der Waals surface area contributed by atoms with Crippen molar-refractivity contribution in [2.24, 2.45) is 5.41 Å². The zero-order chi connectivity index (χ0) is 12.2. The summed E-state index contributed by atoms with van der Waals surface area (Å²) < 4.78 is 0. The van der Waals surface area contributed by atoms with Crippen LogP contribution in [0, 0.1) is 5.41 Å². The third-order valence-electron chi connectivity index (χ3n) is 2.48. The van der Waals surface area contributed by atoms with Crippen molar-refractivity contribution in [3.8, 4) is 0 Å². The minimum atomic E-state index is -0.650. The topological polar surface area (TPSA) is 37.3 Å².